The molecule has 8 heteroatoms. The average Bonchev–Trinajstić information content (AvgIpc) is 3.20. The van der Waals surface area contributed by atoms with E-state index in [9.17, 15) is 13.2 Å². The summed E-state index contributed by atoms with van der Waals surface area (Å²) in [5.74, 6) is 0.391. The van der Waals surface area contributed by atoms with E-state index in [1.165, 1.54) is 18.4 Å². The molecule has 3 aromatic rings. The monoisotopic (exact) mass is 400 g/mol. The maximum absolute atomic E-state index is 12.3. The molecule has 0 fully saturated rings. The molecule has 0 aliphatic carbocycles. The molecule has 2 aromatic carbocycles. The first-order valence-electron chi connectivity index (χ1n) is 8.63. The standard InChI is InChI=1S/C20H20N2O5S/c23-20(21-12-13-22-28(24,25)18-9-5-2-6-10-18)19-16(11-14-26-19)15-27-17-7-3-1-4-8-17/h1-11,14,22H,12-13,15H2,(H,21,23). The minimum Gasteiger partial charge on any atom is -0.489 e. The van der Waals surface area contributed by atoms with Crippen molar-refractivity contribution in [1.82, 2.24) is 10.0 Å². The van der Waals surface area contributed by atoms with Crippen LogP contribution in [0, 0.1) is 0 Å². The Bertz CT molecular complexity index is 1000. The third-order valence-electron chi connectivity index (χ3n) is 3.85. The predicted molar refractivity (Wildman–Crippen MR) is 103 cm³/mol. The fourth-order valence-corrected chi connectivity index (χ4v) is 3.50. The van der Waals surface area contributed by atoms with Crippen LogP contribution >= 0.6 is 0 Å². The molecule has 1 aromatic heterocycles. The lowest BCUT2D eigenvalue weighted by Crippen LogP contribution is -2.34. The summed E-state index contributed by atoms with van der Waals surface area (Å²) in [4.78, 5) is 12.5. The largest absolute Gasteiger partial charge is 0.489 e. The molecule has 146 valence electrons. The Kier molecular flexibility index (Phi) is 6.46. The predicted octanol–water partition coefficient (Wildman–Crippen LogP) is 2.57. The molecule has 0 spiro atoms. The van der Waals surface area contributed by atoms with Crippen LogP contribution in [-0.2, 0) is 16.6 Å². The minimum atomic E-state index is -3.60. The Morgan fingerprint density at radius 2 is 1.61 bits per heavy atom. The highest BCUT2D eigenvalue weighted by molar-refractivity contribution is 7.89. The molecule has 7 nitrogen and oxygen atoms in total. The summed E-state index contributed by atoms with van der Waals surface area (Å²) < 4.78 is 37.6. The maximum Gasteiger partial charge on any atom is 0.287 e. The van der Waals surface area contributed by atoms with Crippen LogP contribution in [0.3, 0.4) is 0 Å². The Morgan fingerprint density at radius 1 is 0.929 bits per heavy atom. The number of nitrogens with one attached hydrogen (secondary N) is 2. The lowest BCUT2D eigenvalue weighted by atomic mass is 10.2. The number of sulfonamides is 1. The molecule has 28 heavy (non-hydrogen) atoms. The maximum atomic E-state index is 12.3. The topological polar surface area (TPSA) is 97.6 Å². The Hall–Kier alpha value is -3.10. The highest BCUT2D eigenvalue weighted by atomic mass is 32.2. The van der Waals surface area contributed by atoms with E-state index < -0.39 is 15.9 Å². The summed E-state index contributed by atoms with van der Waals surface area (Å²) in [6.45, 7) is 0.355. The molecule has 0 radical (unpaired) electrons. The molecule has 1 heterocycles. The number of hydrogen-bond acceptors (Lipinski definition) is 5. The molecule has 0 saturated heterocycles. The van der Waals surface area contributed by atoms with E-state index in [0.29, 0.717) is 11.3 Å². The van der Waals surface area contributed by atoms with Crippen LogP contribution in [0.25, 0.3) is 0 Å². The van der Waals surface area contributed by atoms with E-state index in [0.717, 1.165) is 0 Å². The SMILES string of the molecule is O=C(NCCNS(=O)(=O)c1ccccc1)c1occc1COc1ccccc1. The zero-order chi connectivity index (χ0) is 19.8. The van der Waals surface area contributed by atoms with E-state index >= 15 is 0 Å². The summed E-state index contributed by atoms with van der Waals surface area (Å²) in [5, 5.41) is 2.63. The van der Waals surface area contributed by atoms with Gasteiger partial charge in [0.15, 0.2) is 5.76 Å². The van der Waals surface area contributed by atoms with E-state index in [1.807, 2.05) is 30.3 Å². The van der Waals surface area contributed by atoms with Gasteiger partial charge < -0.3 is 14.5 Å². The number of hydrogen-bond donors (Lipinski definition) is 2. The first-order valence-corrected chi connectivity index (χ1v) is 10.1. The van der Waals surface area contributed by atoms with Crippen LogP contribution in [0.1, 0.15) is 16.1 Å². The van der Waals surface area contributed by atoms with Gasteiger partial charge in [-0.2, -0.15) is 0 Å². The molecule has 0 aliphatic rings. The first kappa shape index (κ1) is 19.7. The van der Waals surface area contributed by atoms with Gasteiger partial charge in [0.05, 0.1) is 11.2 Å². The second-order valence-electron chi connectivity index (χ2n) is 5.84. The first-order chi connectivity index (χ1) is 13.6. The molecule has 3 rings (SSSR count). The Labute approximate surface area is 163 Å². The smallest absolute Gasteiger partial charge is 0.287 e. The van der Waals surface area contributed by atoms with Crippen molar-refractivity contribution in [2.75, 3.05) is 13.1 Å². The highest BCUT2D eigenvalue weighted by Crippen LogP contribution is 2.15. The van der Waals surface area contributed by atoms with Crippen LogP contribution in [0.2, 0.25) is 0 Å². The van der Waals surface area contributed by atoms with Crippen LogP contribution in [0.5, 0.6) is 5.75 Å². The van der Waals surface area contributed by atoms with Crippen molar-refractivity contribution in [3.8, 4) is 5.75 Å². The Morgan fingerprint density at radius 3 is 2.32 bits per heavy atom. The van der Waals surface area contributed by atoms with Gasteiger partial charge in [0.2, 0.25) is 10.0 Å². The van der Waals surface area contributed by atoms with Crippen molar-refractivity contribution in [3.63, 3.8) is 0 Å². The number of benzene rings is 2. The highest BCUT2D eigenvalue weighted by Gasteiger charge is 2.16. The van der Waals surface area contributed by atoms with Crippen LogP contribution < -0.4 is 14.8 Å². The normalized spacial score (nSPS) is 11.1. The van der Waals surface area contributed by atoms with Crippen LogP contribution in [0.4, 0.5) is 0 Å². The molecule has 0 bridgehead atoms. The minimum absolute atomic E-state index is 0.0551. The van der Waals surface area contributed by atoms with Crippen molar-refractivity contribution in [2.24, 2.45) is 0 Å². The number of carbonyl (C=O) groups is 1. The lowest BCUT2D eigenvalue weighted by molar-refractivity contribution is 0.0923. The zero-order valence-electron chi connectivity index (χ0n) is 15.0. The van der Waals surface area contributed by atoms with E-state index in [1.54, 1.807) is 24.3 Å². The third kappa shape index (κ3) is 5.21. The molecular weight excluding hydrogens is 380 g/mol. The van der Waals surface area contributed by atoms with E-state index in [4.69, 9.17) is 9.15 Å². The van der Waals surface area contributed by atoms with Crippen molar-refractivity contribution in [3.05, 3.63) is 84.3 Å². The second kappa shape index (κ2) is 9.20. The van der Waals surface area contributed by atoms with Gasteiger partial charge in [-0.1, -0.05) is 36.4 Å². The molecular formula is C20H20N2O5S. The van der Waals surface area contributed by atoms with Crippen molar-refractivity contribution < 1.29 is 22.4 Å². The summed E-state index contributed by atoms with van der Waals surface area (Å²) in [7, 11) is -3.60. The third-order valence-corrected chi connectivity index (χ3v) is 5.32. The Balaban J connectivity index is 1.49. The lowest BCUT2D eigenvalue weighted by Gasteiger charge is -2.08. The fraction of sp³-hybridized carbons (Fsp3) is 0.150. The number of ether oxygens (including phenoxy) is 1. The van der Waals surface area contributed by atoms with E-state index in [-0.39, 0.29) is 30.4 Å². The van der Waals surface area contributed by atoms with Crippen LogP contribution in [-0.4, -0.2) is 27.4 Å². The number of furan rings is 1. The van der Waals surface area contributed by atoms with Gasteiger partial charge in [-0.15, -0.1) is 0 Å². The average molecular weight is 400 g/mol. The van der Waals surface area contributed by atoms with Gasteiger partial charge in [-0.05, 0) is 30.3 Å². The van der Waals surface area contributed by atoms with Gasteiger partial charge in [-0.3, -0.25) is 4.79 Å². The summed E-state index contributed by atoms with van der Waals surface area (Å²) in [5.41, 5.74) is 0.603. The summed E-state index contributed by atoms with van der Waals surface area (Å²) in [6.07, 6.45) is 1.41. The quantitative estimate of drug-likeness (QED) is 0.538. The zero-order valence-corrected chi connectivity index (χ0v) is 15.8. The molecule has 0 saturated carbocycles. The molecule has 2 N–H and O–H groups in total. The fourth-order valence-electron chi connectivity index (χ4n) is 2.45. The van der Waals surface area contributed by atoms with Gasteiger partial charge in [0.1, 0.15) is 12.4 Å². The van der Waals surface area contributed by atoms with Gasteiger partial charge in [0.25, 0.3) is 5.91 Å². The summed E-state index contributed by atoms with van der Waals surface area (Å²) in [6, 6.07) is 18.9. The number of carbonyl (C=O) groups excluding carboxylic acids is 1. The van der Waals surface area contributed by atoms with Crippen molar-refractivity contribution >= 4 is 15.9 Å². The molecule has 0 aliphatic heterocycles. The number of amides is 1. The molecule has 0 unspecified atom stereocenters. The molecule has 1 amide bonds. The van der Waals surface area contributed by atoms with Gasteiger partial charge >= 0.3 is 0 Å². The van der Waals surface area contributed by atoms with Crippen molar-refractivity contribution in [2.45, 2.75) is 11.5 Å². The molecule has 0 atom stereocenters. The van der Waals surface area contributed by atoms with Crippen LogP contribution in [0.15, 0.2) is 82.3 Å². The van der Waals surface area contributed by atoms with E-state index in [2.05, 4.69) is 10.0 Å². The van der Waals surface area contributed by atoms with Crippen molar-refractivity contribution in [1.29, 1.82) is 0 Å². The second-order valence-corrected chi connectivity index (χ2v) is 7.61. The summed E-state index contributed by atoms with van der Waals surface area (Å²) >= 11 is 0. The van der Waals surface area contributed by atoms with Gasteiger partial charge in [0, 0.05) is 18.7 Å². The number of para-hydroxylation sites is 1. The number of rotatable bonds is 9. The van der Waals surface area contributed by atoms with Gasteiger partial charge in [-0.25, -0.2) is 13.1 Å².